The van der Waals surface area contributed by atoms with Crippen molar-refractivity contribution in [1.29, 1.82) is 0 Å². The lowest BCUT2D eigenvalue weighted by Gasteiger charge is -2.14. The lowest BCUT2D eigenvalue weighted by Crippen LogP contribution is -2.13. The largest absolute Gasteiger partial charge is 0.466 e. The first-order chi connectivity index (χ1) is 16.6. The fourth-order valence-electron chi connectivity index (χ4n) is 3.61. The molecule has 0 aromatic rings. The van der Waals surface area contributed by atoms with Gasteiger partial charge in [0.25, 0.3) is 0 Å². The van der Waals surface area contributed by atoms with Crippen LogP contribution in [0.4, 0.5) is 0 Å². The summed E-state index contributed by atoms with van der Waals surface area (Å²) in [5.74, 6) is 0.948. The van der Waals surface area contributed by atoms with Crippen LogP contribution < -0.4 is 0 Å². The number of rotatable bonds is 21. The van der Waals surface area contributed by atoms with Crippen LogP contribution in [-0.2, 0) is 23.6 Å². The predicted octanol–water partition coefficient (Wildman–Crippen LogP) is 6.70. The van der Waals surface area contributed by atoms with Crippen molar-refractivity contribution in [3.63, 3.8) is 0 Å². The van der Waals surface area contributed by atoms with Gasteiger partial charge in [-0.2, -0.15) is 0 Å². The molecule has 0 aliphatic carbocycles. The maximum absolute atomic E-state index is 11.9. The Morgan fingerprint density at radius 3 is 1.23 bits per heavy atom. The summed E-state index contributed by atoms with van der Waals surface area (Å²) in [6, 6.07) is 0. The number of hydrogen-bond acceptors (Lipinski definition) is 5. The third kappa shape index (κ3) is 31.0. The second kappa shape index (κ2) is 24.7. The highest BCUT2D eigenvalue weighted by Gasteiger charge is 2.11. The van der Waals surface area contributed by atoms with Gasteiger partial charge in [0, 0.05) is 12.8 Å². The van der Waals surface area contributed by atoms with Gasteiger partial charge < -0.3 is 24.2 Å². The standard InChI is InChI=1S/C26H50O4.H3O4P/c1-5-9-17-23(7-3)21-29-25(27)19-15-13-11-12-14-16-20-26(28)30-22-24(8-4)18-10-6-2;1-5(2,3)4/h23-24H,5-22H2,1-4H3;(H3,1,2,3,4). The molecule has 0 aromatic carbocycles. The minimum atomic E-state index is -4.64. The summed E-state index contributed by atoms with van der Waals surface area (Å²) in [6.45, 7) is 9.90. The van der Waals surface area contributed by atoms with Gasteiger partial charge in [-0.3, -0.25) is 9.59 Å². The van der Waals surface area contributed by atoms with Crippen LogP contribution in [0.5, 0.6) is 0 Å². The van der Waals surface area contributed by atoms with Crippen LogP contribution in [0.3, 0.4) is 0 Å². The monoisotopic (exact) mass is 524 g/mol. The van der Waals surface area contributed by atoms with E-state index in [1.807, 2.05) is 0 Å². The number of hydrogen-bond donors (Lipinski definition) is 3. The van der Waals surface area contributed by atoms with E-state index in [9.17, 15) is 9.59 Å². The van der Waals surface area contributed by atoms with Crippen molar-refractivity contribution in [2.45, 2.75) is 130 Å². The van der Waals surface area contributed by atoms with E-state index >= 15 is 0 Å². The lowest BCUT2D eigenvalue weighted by molar-refractivity contribution is -0.146. The second-order valence-corrected chi connectivity index (χ2v) is 10.4. The Hall–Kier alpha value is -0.950. The highest BCUT2D eigenvalue weighted by Crippen LogP contribution is 2.25. The molecule has 0 heterocycles. The van der Waals surface area contributed by atoms with Crippen molar-refractivity contribution < 1.29 is 38.3 Å². The molecule has 0 saturated heterocycles. The summed E-state index contributed by atoms with van der Waals surface area (Å²) >= 11 is 0. The Balaban J connectivity index is 0. The highest BCUT2D eigenvalue weighted by atomic mass is 31.2. The summed E-state index contributed by atoms with van der Waals surface area (Å²) in [4.78, 5) is 45.3. The van der Waals surface area contributed by atoms with Gasteiger partial charge >= 0.3 is 19.8 Å². The first kappa shape index (κ1) is 36.2. The van der Waals surface area contributed by atoms with Crippen molar-refractivity contribution in [3.8, 4) is 0 Å². The number of phosphoric acid groups is 1. The molecule has 0 radical (unpaired) electrons. The predicted molar refractivity (Wildman–Crippen MR) is 140 cm³/mol. The van der Waals surface area contributed by atoms with Crippen LogP contribution >= 0.6 is 7.82 Å². The molecule has 35 heavy (non-hydrogen) atoms. The summed E-state index contributed by atoms with van der Waals surface area (Å²) in [5.41, 5.74) is 0. The highest BCUT2D eigenvalue weighted by molar-refractivity contribution is 7.45. The molecule has 0 fully saturated rings. The maximum atomic E-state index is 11.9. The zero-order chi connectivity index (χ0) is 27.0. The summed E-state index contributed by atoms with van der Waals surface area (Å²) < 4.78 is 19.8. The minimum Gasteiger partial charge on any atom is -0.465 e. The van der Waals surface area contributed by atoms with Crippen LogP contribution in [0, 0.1) is 11.8 Å². The first-order valence-corrected chi connectivity index (χ1v) is 15.2. The number of ether oxygens (including phenoxy) is 2. The van der Waals surface area contributed by atoms with Crippen LogP contribution in [0.15, 0.2) is 0 Å². The number of esters is 2. The van der Waals surface area contributed by atoms with Crippen molar-refractivity contribution in [1.82, 2.24) is 0 Å². The molecule has 0 spiro atoms. The topological polar surface area (TPSA) is 130 Å². The van der Waals surface area contributed by atoms with Crippen LogP contribution in [-0.4, -0.2) is 39.8 Å². The van der Waals surface area contributed by atoms with Crippen LogP contribution in [0.25, 0.3) is 0 Å². The van der Waals surface area contributed by atoms with E-state index in [0.717, 1.165) is 64.2 Å². The molecule has 0 aliphatic heterocycles. The summed E-state index contributed by atoms with van der Waals surface area (Å²) in [5, 5.41) is 0. The molecule has 2 atom stereocenters. The van der Waals surface area contributed by atoms with Gasteiger partial charge in [0.05, 0.1) is 13.2 Å². The van der Waals surface area contributed by atoms with Gasteiger partial charge in [0.2, 0.25) is 0 Å². The average Bonchev–Trinajstić information content (AvgIpc) is 2.80. The van der Waals surface area contributed by atoms with Crippen molar-refractivity contribution in [3.05, 3.63) is 0 Å². The molecule has 8 nitrogen and oxygen atoms in total. The van der Waals surface area contributed by atoms with E-state index in [1.165, 1.54) is 25.7 Å². The third-order valence-electron chi connectivity index (χ3n) is 6.06. The van der Waals surface area contributed by atoms with Gasteiger partial charge in [0.15, 0.2) is 0 Å². The maximum Gasteiger partial charge on any atom is 0.466 e. The molecule has 0 rings (SSSR count). The molecule has 0 aromatic heterocycles. The fourth-order valence-corrected chi connectivity index (χ4v) is 3.61. The van der Waals surface area contributed by atoms with Gasteiger partial charge in [-0.05, 0) is 37.5 Å². The molecule has 210 valence electrons. The Kier molecular flexibility index (Phi) is 25.6. The number of carbonyl (C=O) groups excluding carboxylic acids is 2. The average molecular weight is 525 g/mol. The SMILES string of the molecule is CCCCC(CC)COC(=O)CCCCCCCCC(=O)OCC(CC)CCCC.O=P(O)(O)O. The molecular weight excluding hydrogens is 471 g/mol. The second-order valence-electron chi connectivity index (χ2n) is 9.33. The Morgan fingerprint density at radius 1 is 0.629 bits per heavy atom. The molecular formula is C26H53O8P. The summed E-state index contributed by atoms with van der Waals surface area (Å²) in [6.07, 6.45) is 16.5. The van der Waals surface area contributed by atoms with Crippen molar-refractivity contribution >= 4 is 19.8 Å². The quantitative estimate of drug-likeness (QED) is 0.0859. The van der Waals surface area contributed by atoms with Crippen molar-refractivity contribution in [2.24, 2.45) is 11.8 Å². The lowest BCUT2D eigenvalue weighted by atomic mass is 10.0. The number of unbranched alkanes of at least 4 members (excludes halogenated alkanes) is 7. The van der Waals surface area contributed by atoms with Crippen LogP contribution in [0.2, 0.25) is 0 Å². The number of carbonyl (C=O) groups is 2. The van der Waals surface area contributed by atoms with Gasteiger partial charge in [0.1, 0.15) is 0 Å². The van der Waals surface area contributed by atoms with E-state index in [4.69, 9.17) is 28.7 Å². The Bertz CT molecular complexity index is 503. The normalized spacial score (nSPS) is 12.9. The molecule has 3 N–H and O–H groups in total. The van der Waals surface area contributed by atoms with Gasteiger partial charge in [-0.25, -0.2) is 4.57 Å². The molecule has 0 saturated carbocycles. The molecule has 0 amide bonds. The van der Waals surface area contributed by atoms with Crippen LogP contribution in [0.1, 0.15) is 130 Å². The zero-order valence-electron chi connectivity index (χ0n) is 22.7. The van der Waals surface area contributed by atoms with E-state index in [-0.39, 0.29) is 11.9 Å². The smallest absolute Gasteiger partial charge is 0.465 e. The molecule has 0 aliphatic rings. The van der Waals surface area contributed by atoms with Gasteiger partial charge in [-0.1, -0.05) is 91.9 Å². The molecule has 0 bridgehead atoms. The fraction of sp³-hybridized carbons (Fsp3) is 0.923. The van der Waals surface area contributed by atoms with E-state index in [1.54, 1.807) is 0 Å². The van der Waals surface area contributed by atoms with Gasteiger partial charge in [-0.15, -0.1) is 0 Å². The van der Waals surface area contributed by atoms with Crippen molar-refractivity contribution in [2.75, 3.05) is 13.2 Å². The Morgan fingerprint density at radius 2 is 0.943 bits per heavy atom. The van der Waals surface area contributed by atoms with E-state index in [2.05, 4.69) is 27.7 Å². The third-order valence-corrected chi connectivity index (χ3v) is 6.06. The zero-order valence-corrected chi connectivity index (χ0v) is 23.6. The Labute approximate surface area is 213 Å². The van der Waals surface area contributed by atoms with E-state index in [0.29, 0.717) is 37.9 Å². The van der Waals surface area contributed by atoms with E-state index < -0.39 is 7.82 Å². The minimum absolute atomic E-state index is 0.0444. The molecule has 9 heteroatoms. The summed E-state index contributed by atoms with van der Waals surface area (Å²) in [7, 11) is -4.64. The first-order valence-electron chi connectivity index (χ1n) is 13.7. The molecule has 2 unspecified atom stereocenters.